The van der Waals surface area contributed by atoms with Crippen molar-refractivity contribution in [2.45, 2.75) is 45.0 Å². The Morgan fingerprint density at radius 3 is 2.35 bits per heavy atom. The van der Waals surface area contributed by atoms with Crippen molar-refractivity contribution in [3.8, 4) is 0 Å². The summed E-state index contributed by atoms with van der Waals surface area (Å²) >= 11 is 0. The van der Waals surface area contributed by atoms with Gasteiger partial charge in [0.05, 0.1) is 24.2 Å². The Morgan fingerprint density at radius 1 is 1.40 bits per heavy atom. The number of nitrogens with one attached hydrogen (secondary N) is 1. The number of ether oxygens (including phenoxy) is 1. The van der Waals surface area contributed by atoms with E-state index in [2.05, 4.69) is 4.72 Å². The average molecular weight is 310 g/mol. The summed E-state index contributed by atoms with van der Waals surface area (Å²) in [6.07, 6.45) is -0.962. The second-order valence-electron chi connectivity index (χ2n) is 5.47. The second-order valence-corrected chi connectivity index (χ2v) is 7.22. The van der Waals surface area contributed by atoms with Crippen LogP contribution in [0.4, 0.5) is 0 Å². The standard InChI is InChI=1S/C11H22N2O6S/c1-8-5-13(6-9(2)19-8)20(17,18)12-7-11(3,16)4-10(14)15/h8-9,12,16H,4-7H2,1-3H3,(H,14,15). The Hall–Kier alpha value is -0.740. The van der Waals surface area contributed by atoms with E-state index in [4.69, 9.17) is 9.84 Å². The molecule has 1 rings (SSSR count). The monoisotopic (exact) mass is 310 g/mol. The van der Waals surface area contributed by atoms with Gasteiger partial charge in [0.15, 0.2) is 0 Å². The molecule has 0 aromatic heterocycles. The molecule has 0 spiro atoms. The summed E-state index contributed by atoms with van der Waals surface area (Å²) in [4.78, 5) is 10.6. The van der Waals surface area contributed by atoms with Crippen molar-refractivity contribution in [3.63, 3.8) is 0 Å². The fourth-order valence-electron chi connectivity index (χ4n) is 2.05. The summed E-state index contributed by atoms with van der Waals surface area (Å²) in [6.45, 7) is 4.91. The van der Waals surface area contributed by atoms with E-state index >= 15 is 0 Å². The molecule has 1 saturated heterocycles. The molecule has 3 unspecified atom stereocenters. The van der Waals surface area contributed by atoms with Crippen molar-refractivity contribution >= 4 is 16.2 Å². The zero-order valence-corrected chi connectivity index (χ0v) is 12.7. The van der Waals surface area contributed by atoms with Gasteiger partial charge < -0.3 is 14.9 Å². The van der Waals surface area contributed by atoms with Crippen LogP contribution >= 0.6 is 0 Å². The lowest BCUT2D eigenvalue weighted by Gasteiger charge is -2.35. The Bertz CT molecular complexity index is 440. The third-order valence-corrected chi connectivity index (χ3v) is 4.38. The van der Waals surface area contributed by atoms with E-state index in [1.165, 1.54) is 11.2 Å². The third-order valence-electron chi connectivity index (χ3n) is 2.89. The smallest absolute Gasteiger partial charge is 0.306 e. The molecule has 0 aliphatic carbocycles. The van der Waals surface area contributed by atoms with Gasteiger partial charge in [0.2, 0.25) is 0 Å². The number of rotatable bonds is 6. The van der Waals surface area contributed by atoms with E-state index in [-0.39, 0.29) is 31.8 Å². The van der Waals surface area contributed by atoms with Crippen LogP contribution in [0.1, 0.15) is 27.2 Å². The molecule has 8 nitrogen and oxygen atoms in total. The number of aliphatic hydroxyl groups is 1. The molecule has 1 aliphatic heterocycles. The molecule has 0 aromatic rings. The highest BCUT2D eigenvalue weighted by atomic mass is 32.2. The fourth-order valence-corrected chi connectivity index (χ4v) is 3.54. The predicted octanol–water partition coefficient (Wildman–Crippen LogP) is -0.844. The van der Waals surface area contributed by atoms with Crippen molar-refractivity contribution in [1.82, 2.24) is 9.03 Å². The summed E-state index contributed by atoms with van der Waals surface area (Å²) in [7, 11) is -3.77. The largest absolute Gasteiger partial charge is 0.481 e. The van der Waals surface area contributed by atoms with Gasteiger partial charge >= 0.3 is 5.97 Å². The Labute approximate surface area is 118 Å². The van der Waals surface area contributed by atoms with Crippen LogP contribution in [0.15, 0.2) is 0 Å². The molecule has 0 saturated carbocycles. The zero-order valence-electron chi connectivity index (χ0n) is 11.9. The topological polar surface area (TPSA) is 116 Å². The highest BCUT2D eigenvalue weighted by molar-refractivity contribution is 7.87. The van der Waals surface area contributed by atoms with Gasteiger partial charge in [0.1, 0.15) is 0 Å². The second kappa shape index (κ2) is 6.35. The lowest BCUT2D eigenvalue weighted by molar-refractivity contribution is -0.141. The molecule has 20 heavy (non-hydrogen) atoms. The van der Waals surface area contributed by atoms with Gasteiger partial charge in [-0.3, -0.25) is 4.79 Å². The molecule has 0 bridgehead atoms. The maximum Gasteiger partial charge on any atom is 0.306 e. The van der Waals surface area contributed by atoms with Gasteiger partial charge in [0, 0.05) is 19.6 Å². The van der Waals surface area contributed by atoms with Crippen LogP contribution in [0.3, 0.4) is 0 Å². The molecule has 118 valence electrons. The minimum atomic E-state index is -3.77. The number of hydrogen-bond donors (Lipinski definition) is 3. The van der Waals surface area contributed by atoms with Crippen LogP contribution in [-0.2, 0) is 19.7 Å². The zero-order chi connectivity index (χ0) is 15.6. The lowest BCUT2D eigenvalue weighted by atomic mass is 10.0. The van der Waals surface area contributed by atoms with Crippen LogP contribution in [0, 0.1) is 0 Å². The first-order valence-electron chi connectivity index (χ1n) is 6.36. The number of nitrogens with zero attached hydrogens (tertiary/aromatic N) is 1. The summed E-state index contributed by atoms with van der Waals surface area (Å²) < 4.78 is 33.2. The number of carboxylic acid groups (broad SMARTS) is 1. The van der Waals surface area contributed by atoms with Gasteiger partial charge in [-0.1, -0.05) is 0 Å². The van der Waals surface area contributed by atoms with E-state index < -0.39 is 28.2 Å². The number of carboxylic acids is 1. The molecule has 1 fully saturated rings. The summed E-state index contributed by atoms with van der Waals surface area (Å²) in [6, 6.07) is 0. The number of carbonyl (C=O) groups is 1. The van der Waals surface area contributed by atoms with E-state index in [1.807, 2.05) is 0 Å². The molecule has 1 aliphatic rings. The SMILES string of the molecule is CC1CN(S(=O)(=O)NCC(C)(O)CC(=O)O)CC(C)O1. The van der Waals surface area contributed by atoms with Gasteiger partial charge in [-0.25, -0.2) is 0 Å². The molecular formula is C11H22N2O6S. The van der Waals surface area contributed by atoms with Crippen molar-refractivity contribution in [2.24, 2.45) is 0 Å². The first-order valence-corrected chi connectivity index (χ1v) is 7.80. The Morgan fingerprint density at radius 2 is 1.90 bits per heavy atom. The van der Waals surface area contributed by atoms with Gasteiger partial charge in [-0.15, -0.1) is 0 Å². The van der Waals surface area contributed by atoms with Crippen molar-refractivity contribution in [3.05, 3.63) is 0 Å². The molecule has 0 aromatic carbocycles. The number of hydrogen-bond acceptors (Lipinski definition) is 5. The van der Waals surface area contributed by atoms with Crippen LogP contribution in [0.5, 0.6) is 0 Å². The minimum absolute atomic E-state index is 0.213. The number of aliphatic carboxylic acids is 1. The lowest BCUT2D eigenvalue weighted by Crippen LogP contribution is -2.54. The molecule has 0 amide bonds. The van der Waals surface area contributed by atoms with Crippen molar-refractivity contribution in [1.29, 1.82) is 0 Å². The summed E-state index contributed by atoms with van der Waals surface area (Å²) in [5.41, 5.74) is -1.64. The van der Waals surface area contributed by atoms with E-state index in [0.717, 1.165) is 0 Å². The van der Waals surface area contributed by atoms with Crippen LogP contribution in [-0.4, -0.2) is 66.3 Å². The van der Waals surface area contributed by atoms with E-state index in [1.54, 1.807) is 13.8 Å². The maximum atomic E-state index is 12.1. The Balaban J connectivity index is 2.63. The third kappa shape index (κ3) is 5.33. The summed E-state index contributed by atoms with van der Waals surface area (Å²) in [5, 5.41) is 18.4. The van der Waals surface area contributed by atoms with E-state index in [0.29, 0.717) is 0 Å². The molecule has 0 radical (unpaired) electrons. The molecule has 1 heterocycles. The fraction of sp³-hybridized carbons (Fsp3) is 0.909. The molecule has 9 heteroatoms. The van der Waals surface area contributed by atoms with Crippen molar-refractivity contribution < 1.29 is 28.2 Å². The number of morpholine rings is 1. The first-order chi connectivity index (χ1) is 9.02. The van der Waals surface area contributed by atoms with Gasteiger partial charge in [-0.2, -0.15) is 17.4 Å². The van der Waals surface area contributed by atoms with Crippen molar-refractivity contribution in [2.75, 3.05) is 19.6 Å². The van der Waals surface area contributed by atoms with Crippen LogP contribution < -0.4 is 4.72 Å². The quantitative estimate of drug-likeness (QED) is 0.589. The molecular weight excluding hydrogens is 288 g/mol. The molecule has 3 N–H and O–H groups in total. The Kier molecular flexibility index (Phi) is 5.50. The maximum absolute atomic E-state index is 12.1. The highest BCUT2D eigenvalue weighted by Gasteiger charge is 2.33. The average Bonchev–Trinajstić information content (AvgIpc) is 2.23. The van der Waals surface area contributed by atoms with Gasteiger partial charge in [0.25, 0.3) is 10.2 Å². The van der Waals surface area contributed by atoms with E-state index in [9.17, 15) is 18.3 Å². The molecule has 3 atom stereocenters. The normalized spacial score (nSPS) is 28.0. The van der Waals surface area contributed by atoms with Crippen LogP contribution in [0.2, 0.25) is 0 Å². The predicted molar refractivity (Wildman–Crippen MR) is 71.4 cm³/mol. The highest BCUT2D eigenvalue weighted by Crippen LogP contribution is 2.14. The van der Waals surface area contributed by atoms with Gasteiger partial charge in [-0.05, 0) is 20.8 Å². The van der Waals surface area contributed by atoms with Crippen LogP contribution in [0.25, 0.3) is 0 Å². The minimum Gasteiger partial charge on any atom is -0.481 e. The first kappa shape index (κ1) is 17.3. The summed E-state index contributed by atoms with van der Waals surface area (Å²) in [5.74, 6) is -1.19.